The van der Waals surface area contributed by atoms with Crippen LogP contribution in [0.5, 0.6) is 5.75 Å². The third kappa shape index (κ3) is 7.62. The molecule has 5 heteroatoms. The zero-order valence-electron chi connectivity index (χ0n) is 11.6. The lowest BCUT2D eigenvalue weighted by atomic mass is 10.2. The predicted octanol–water partition coefficient (Wildman–Crippen LogP) is 2.72. The first-order valence-electron chi connectivity index (χ1n) is 6.15. The van der Waals surface area contributed by atoms with E-state index in [1.165, 1.54) is 11.8 Å². The van der Waals surface area contributed by atoms with Crippen molar-refractivity contribution >= 4 is 23.4 Å². The summed E-state index contributed by atoms with van der Waals surface area (Å²) in [6, 6.07) is 7.29. The molecule has 0 heterocycles. The number of esters is 1. The summed E-state index contributed by atoms with van der Waals surface area (Å²) in [7, 11) is 0. The van der Waals surface area contributed by atoms with E-state index in [2.05, 4.69) is 0 Å². The van der Waals surface area contributed by atoms with Crippen molar-refractivity contribution in [1.29, 1.82) is 0 Å². The van der Waals surface area contributed by atoms with Crippen LogP contribution in [-0.2, 0) is 9.53 Å². The van der Waals surface area contributed by atoms with Crippen molar-refractivity contribution in [2.45, 2.75) is 26.4 Å². The quantitative estimate of drug-likeness (QED) is 0.494. The number of nitrogen functional groups attached to an aromatic ring is 1. The van der Waals surface area contributed by atoms with Crippen LogP contribution < -0.4 is 10.5 Å². The summed E-state index contributed by atoms with van der Waals surface area (Å²) in [6.45, 7) is 6.12. The molecule has 1 aromatic carbocycles. The number of carbonyl (C=O) groups excluding carboxylic acids is 1. The van der Waals surface area contributed by atoms with E-state index in [1.54, 1.807) is 6.07 Å². The van der Waals surface area contributed by atoms with Crippen LogP contribution in [0.1, 0.15) is 20.8 Å². The summed E-state index contributed by atoms with van der Waals surface area (Å²) < 4.78 is 10.7. The number of benzene rings is 1. The van der Waals surface area contributed by atoms with E-state index in [0.717, 1.165) is 11.5 Å². The van der Waals surface area contributed by atoms with E-state index < -0.39 is 5.60 Å². The molecule has 0 fully saturated rings. The van der Waals surface area contributed by atoms with Crippen molar-refractivity contribution in [2.24, 2.45) is 0 Å². The van der Waals surface area contributed by atoms with Gasteiger partial charge in [0.05, 0.1) is 12.4 Å². The smallest absolute Gasteiger partial charge is 0.316 e. The lowest BCUT2D eigenvalue weighted by molar-refractivity contribution is -0.151. The Kier molecular flexibility index (Phi) is 6.02. The molecular weight excluding hydrogens is 262 g/mol. The van der Waals surface area contributed by atoms with Gasteiger partial charge in [-0.25, -0.2) is 0 Å². The summed E-state index contributed by atoms with van der Waals surface area (Å²) in [4.78, 5) is 11.4. The number of hydrogen-bond acceptors (Lipinski definition) is 5. The minimum atomic E-state index is -0.421. The maximum atomic E-state index is 11.4. The molecule has 0 aliphatic heterocycles. The lowest BCUT2D eigenvalue weighted by Gasteiger charge is -2.19. The van der Waals surface area contributed by atoms with Gasteiger partial charge in [-0.05, 0) is 32.9 Å². The third-order valence-corrected chi connectivity index (χ3v) is 2.89. The van der Waals surface area contributed by atoms with Crippen LogP contribution in [0.25, 0.3) is 0 Å². The summed E-state index contributed by atoms with van der Waals surface area (Å²) in [6.07, 6.45) is 0. The fraction of sp³-hybridized carbons (Fsp3) is 0.500. The van der Waals surface area contributed by atoms with Crippen LogP contribution in [-0.4, -0.2) is 29.7 Å². The monoisotopic (exact) mass is 283 g/mol. The van der Waals surface area contributed by atoms with E-state index >= 15 is 0 Å². The fourth-order valence-electron chi connectivity index (χ4n) is 1.35. The second kappa shape index (κ2) is 7.28. The average molecular weight is 283 g/mol. The van der Waals surface area contributed by atoms with Crippen LogP contribution in [0.15, 0.2) is 24.3 Å². The highest BCUT2D eigenvalue weighted by Gasteiger charge is 2.15. The van der Waals surface area contributed by atoms with Crippen molar-refractivity contribution in [3.05, 3.63) is 24.3 Å². The van der Waals surface area contributed by atoms with Crippen LogP contribution in [0.4, 0.5) is 5.69 Å². The van der Waals surface area contributed by atoms with E-state index in [1.807, 2.05) is 39.0 Å². The van der Waals surface area contributed by atoms with Crippen LogP contribution in [0, 0.1) is 0 Å². The van der Waals surface area contributed by atoms with Gasteiger partial charge in [-0.2, -0.15) is 0 Å². The molecule has 4 nitrogen and oxygen atoms in total. The summed E-state index contributed by atoms with van der Waals surface area (Å²) in [5, 5.41) is 0. The number of rotatable bonds is 6. The first-order valence-corrected chi connectivity index (χ1v) is 7.30. The topological polar surface area (TPSA) is 61.5 Å². The Balaban J connectivity index is 2.13. The average Bonchev–Trinajstić information content (AvgIpc) is 2.26. The van der Waals surface area contributed by atoms with Crippen molar-refractivity contribution in [3.8, 4) is 5.75 Å². The van der Waals surface area contributed by atoms with Gasteiger partial charge >= 0.3 is 5.97 Å². The predicted molar refractivity (Wildman–Crippen MR) is 79.5 cm³/mol. The SMILES string of the molecule is CC(C)(C)OC(=O)CSCCOc1cccc(N)c1. The Bertz CT molecular complexity index is 415. The van der Waals surface area contributed by atoms with E-state index in [0.29, 0.717) is 18.0 Å². The Hall–Kier alpha value is -1.36. The molecule has 0 amide bonds. The molecule has 0 saturated carbocycles. The third-order valence-electron chi connectivity index (χ3n) is 1.99. The van der Waals surface area contributed by atoms with Gasteiger partial charge in [0.15, 0.2) is 0 Å². The highest BCUT2D eigenvalue weighted by Crippen LogP contribution is 2.15. The second-order valence-corrected chi connectivity index (χ2v) is 6.17. The molecule has 0 radical (unpaired) electrons. The first kappa shape index (κ1) is 15.7. The van der Waals surface area contributed by atoms with Crippen LogP contribution in [0.2, 0.25) is 0 Å². The van der Waals surface area contributed by atoms with E-state index in [9.17, 15) is 4.79 Å². The van der Waals surface area contributed by atoms with Gasteiger partial charge in [0.25, 0.3) is 0 Å². The normalized spacial score (nSPS) is 11.1. The molecule has 0 aliphatic carbocycles. The largest absolute Gasteiger partial charge is 0.493 e. The molecule has 0 bridgehead atoms. The van der Waals surface area contributed by atoms with Gasteiger partial charge in [0.2, 0.25) is 0 Å². The molecule has 19 heavy (non-hydrogen) atoms. The molecule has 0 aliphatic rings. The zero-order chi connectivity index (χ0) is 14.3. The van der Waals surface area contributed by atoms with E-state index in [-0.39, 0.29) is 5.97 Å². The molecule has 0 aromatic heterocycles. The van der Waals surface area contributed by atoms with Crippen LogP contribution in [0.3, 0.4) is 0 Å². The Morgan fingerprint density at radius 3 is 2.74 bits per heavy atom. The minimum absolute atomic E-state index is 0.193. The lowest BCUT2D eigenvalue weighted by Crippen LogP contribution is -2.25. The number of anilines is 1. The molecule has 1 rings (SSSR count). The summed E-state index contributed by atoms with van der Waals surface area (Å²) in [5.74, 6) is 1.63. The molecule has 0 unspecified atom stereocenters. The number of nitrogens with two attached hydrogens (primary N) is 1. The number of ether oxygens (including phenoxy) is 2. The van der Waals surface area contributed by atoms with Gasteiger partial charge in [-0.1, -0.05) is 6.07 Å². The second-order valence-electron chi connectivity index (χ2n) is 5.06. The maximum Gasteiger partial charge on any atom is 0.316 e. The Morgan fingerprint density at radius 1 is 1.37 bits per heavy atom. The highest BCUT2D eigenvalue weighted by molar-refractivity contribution is 7.99. The van der Waals surface area contributed by atoms with Crippen LogP contribution >= 0.6 is 11.8 Å². The molecule has 2 N–H and O–H groups in total. The van der Waals surface area contributed by atoms with Gasteiger partial charge in [-0.15, -0.1) is 11.8 Å². The summed E-state index contributed by atoms with van der Waals surface area (Å²) in [5.41, 5.74) is 5.90. The number of carbonyl (C=O) groups is 1. The first-order chi connectivity index (χ1) is 8.87. The number of thioether (sulfide) groups is 1. The number of hydrogen-bond donors (Lipinski definition) is 1. The molecule has 106 valence electrons. The highest BCUT2D eigenvalue weighted by atomic mass is 32.2. The molecular formula is C14H21NO3S. The fourth-order valence-corrected chi connectivity index (χ4v) is 1.92. The maximum absolute atomic E-state index is 11.4. The zero-order valence-corrected chi connectivity index (χ0v) is 12.5. The van der Waals surface area contributed by atoms with Crippen molar-refractivity contribution in [1.82, 2.24) is 0 Å². The van der Waals surface area contributed by atoms with Gasteiger partial charge in [0.1, 0.15) is 11.4 Å². The van der Waals surface area contributed by atoms with Crippen molar-refractivity contribution in [3.63, 3.8) is 0 Å². The van der Waals surface area contributed by atoms with E-state index in [4.69, 9.17) is 15.2 Å². The van der Waals surface area contributed by atoms with Gasteiger partial charge < -0.3 is 15.2 Å². The molecule has 0 spiro atoms. The standard InChI is InChI=1S/C14H21NO3S/c1-14(2,3)18-13(16)10-19-8-7-17-12-6-4-5-11(15)9-12/h4-6,9H,7-8,10,15H2,1-3H3. The summed E-state index contributed by atoms with van der Waals surface area (Å²) >= 11 is 1.49. The van der Waals surface area contributed by atoms with Gasteiger partial charge in [-0.3, -0.25) is 4.79 Å². The van der Waals surface area contributed by atoms with Gasteiger partial charge in [0, 0.05) is 17.5 Å². The van der Waals surface area contributed by atoms with Crippen molar-refractivity contribution in [2.75, 3.05) is 23.8 Å². The molecule has 0 saturated heterocycles. The molecule has 0 atom stereocenters. The Labute approximate surface area is 118 Å². The molecule has 1 aromatic rings. The van der Waals surface area contributed by atoms with Crippen molar-refractivity contribution < 1.29 is 14.3 Å². The minimum Gasteiger partial charge on any atom is -0.493 e. The Morgan fingerprint density at radius 2 is 2.11 bits per heavy atom.